The fourth-order valence-corrected chi connectivity index (χ4v) is 4.06. The molecule has 1 amide bonds. The third-order valence-electron chi connectivity index (χ3n) is 5.68. The van der Waals surface area contributed by atoms with Gasteiger partial charge in [0, 0.05) is 63.8 Å². The standard InChI is InChI=1S/C22H27FN4O/c1-24-13-9-18-4-2-11-27(22(28)21(18)24)12-3-10-25-14-16-26(17-15-25)20-7-5-19(23)6-8-20/h2,4-9,13H,3,10-12,14-17H2,1H3. The fraction of sp³-hybridized carbons (Fsp3) is 0.409. The van der Waals surface area contributed by atoms with Gasteiger partial charge in [-0.05, 0) is 43.3 Å². The molecule has 1 aromatic heterocycles. The van der Waals surface area contributed by atoms with E-state index in [4.69, 9.17) is 0 Å². The van der Waals surface area contributed by atoms with Gasteiger partial charge in [0.05, 0.1) is 0 Å². The quantitative estimate of drug-likeness (QED) is 0.797. The predicted molar refractivity (Wildman–Crippen MR) is 110 cm³/mol. The van der Waals surface area contributed by atoms with Gasteiger partial charge < -0.3 is 14.4 Å². The van der Waals surface area contributed by atoms with Gasteiger partial charge in [-0.15, -0.1) is 0 Å². The number of hydrogen-bond acceptors (Lipinski definition) is 3. The van der Waals surface area contributed by atoms with Crippen LogP contribution < -0.4 is 4.90 Å². The van der Waals surface area contributed by atoms with E-state index in [-0.39, 0.29) is 11.7 Å². The van der Waals surface area contributed by atoms with Crippen LogP contribution in [0, 0.1) is 5.82 Å². The molecule has 4 rings (SSSR count). The van der Waals surface area contributed by atoms with Crippen molar-refractivity contribution in [1.82, 2.24) is 14.4 Å². The zero-order chi connectivity index (χ0) is 19.5. The Hall–Kier alpha value is -2.60. The lowest BCUT2D eigenvalue weighted by Gasteiger charge is -2.36. The zero-order valence-electron chi connectivity index (χ0n) is 16.4. The minimum Gasteiger partial charge on any atom is -0.369 e. The molecule has 0 aliphatic carbocycles. The molecule has 5 nitrogen and oxygen atoms in total. The van der Waals surface area contributed by atoms with Crippen molar-refractivity contribution in [1.29, 1.82) is 0 Å². The van der Waals surface area contributed by atoms with Crippen LogP contribution in [0.15, 0.2) is 42.6 Å². The summed E-state index contributed by atoms with van der Waals surface area (Å²) in [5, 5.41) is 0. The average Bonchev–Trinajstić information content (AvgIpc) is 2.99. The van der Waals surface area contributed by atoms with E-state index < -0.39 is 0 Å². The Morgan fingerprint density at radius 1 is 1.00 bits per heavy atom. The maximum Gasteiger partial charge on any atom is 0.271 e. The number of aryl methyl sites for hydroxylation is 1. The molecule has 1 aromatic carbocycles. The van der Waals surface area contributed by atoms with Crippen LogP contribution in [0.5, 0.6) is 0 Å². The van der Waals surface area contributed by atoms with Crippen molar-refractivity contribution < 1.29 is 9.18 Å². The van der Waals surface area contributed by atoms with Crippen LogP contribution in [0.1, 0.15) is 22.5 Å². The number of hydrogen-bond donors (Lipinski definition) is 0. The Bertz CT molecular complexity index is 850. The zero-order valence-corrected chi connectivity index (χ0v) is 16.4. The van der Waals surface area contributed by atoms with Gasteiger partial charge in [-0.25, -0.2) is 4.39 Å². The van der Waals surface area contributed by atoms with Gasteiger partial charge in [0.25, 0.3) is 5.91 Å². The number of amides is 1. The van der Waals surface area contributed by atoms with Crippen LogP contribution in [-0.2, 0) is 7.05 Å². The van der Waals surface area contributed by atoms with E-state index in [2.05, 4.69) is 15.9 Å². The highest BCUT2D eigenvalue weighted by Crippen LogP contribution is 2.19. The SMILES string of the molecule is Cn1ccc2c1C(=O)N(CCCN1CCN(c3ccc(F)cc3)CC1)CC=C2. The van der Waals surface area contributed by atoms with Gasteiger partial charge in [-0.2, -0.15) is 0 Å². The first-order valence-corrected chi connectivity index (χ1v) is 9.96. The van der Waals surface area contributed by atoms with Gasteiger partial charge >= 0.3 is 0 Å². The Morgan fingerprint density at radius 3 is 2.50 bits per heavy atom. The Balaban J connectivity index is 1.25. The van der Waals surface area contributed by atoms with E-state index in [9.17, 15) is 9.18 Å². The summed E-state index contributed by atoms with van der Waals surface area (Å²) < 4.78 is 15.0. The molecule has 3 heterocycles. The molecular formula is C22H27FN4O. The first-order valence-electron chi connectivity index (χ1n) is 9.96. The van der Waals surface area contributed by atoms with E-state index >= 15 is 0 Å². The minimum atomic E-state index is -0.192. The lowest BCUT2D eigenvalue weighted by Crippen LogP contribution is -2.47. The average molecular weight is 382 g/mol. The molecule has 2 aliphatic rings. The van der Waals surface area contributed by atoms with Crippen LogP contribution in [0.25, 0.3) is 6.08 Å². The van der Waals surface area contributed by atoms with Crippen LogP contribution >= 0.6 is 0 Å². The summed E-state index contributed by atoms with van der Waals surface area (Å²) in [5.41, 5.74) is 2.87. The lowest BCUT2D eigenvalue weighted by molar-refractivity contribution is 0.0758. The van der Waals surface area contributed by atoms with E-state index in [1.807, 2.05) is 47.0 Å². The third-order valence-corrected chi connectivity index (χ3v) is 5.68. The maximum atomic E-state index is 13.1. The first kappa shape index (κ1) is 18.7. The maximum absolute atomic E-state index is 13.1. The molecule has 0 atom stereocenters. The van der Waals surface area contributed by atoms with Crippen LogP contribution in [0.4, 0.5) is 10.1 Å². The van der Waals surface area contributed by atoms with Crippen LogP contribution in [-0.4, -0.2) is 66.1 Å². The Labute approximate surface area is 165 Å². The van der Waals surface area contributed by atoms with Gasteiger partial charge in [-0.1, -0.05) is 12.2 Å². The number of carbonyl (C=O) groups excluding carboxylic acids is 1. The summed E-state index contributed by atoms with van der Waals surface area (Å²) in [6.45, 7) is 6.32. The number of aromatic nitrogens is 1. The summed E-state index contributed by atoms with van der Waals surface area (Å²) in [7, 11) is 1.93. The minimum absolute atomic E-state index is 0.119. The molecule has 2 aromatic rings. The first-order chi connectivity index (χ1) is 13.6. The second-order valence-electron chi connectivity index (χ2n) is 7.54. The largest absolute Gasteiger partial charge is 0.369 e. The molecular weight excluding hydrogens is 355 g/mol. The highest BCUT2D eigenvalue weighted by Gasteiger charge is 2.23. The number of fused-ring (bicyclic) bond motifs is 1. The van der Waals surface area contributed by atoms with E-state index in [1.54, 1.807) is 0 Å². The molecule has 2 aliphatic heterocycles. The normalized spacial score (nSPS) is 17.7. The van der Waals surface area contributed by atoms with Crippen molar-refractivity contribution in [3.05, 3.63) is 59.7 Å². The molecule has 0 unspecified atom stereocenters. The molecule has 0 saturated carbocycles. The summed E-state index contributed by atoms with van der Waals surface area (Å²) in [6.07, 6.45) is 7.03. The number of benzene rings is 1. The molecule has 148 valence electrons. The van der Waals surface area contributed by atoms with Crippen molar-refractivity contribution >= 4 is 17.7 Å². The molecule has 6 heteroatoms. The second-order valence-corrected chi connectivity index (χ2v) is 7.54. The number of piperazine rings is 1. The molecule has 28 heavy (non-hydrogen) atoms. The summed E-state index contributed by atoms with van der Waals surface area (Å²) in [4.78, 5) is 19.5. The number of anilines is 1. The van der Waals surface area contributed by atoms with Gasteiger partial charge in [0.1, 0.15) is 11.5 Å². The van der Waals surface area contributed by atoms with Crippen molar-refractivity contribution in [2.75, 3.05) is 50.7 Å². The topological polar surface area (TPSA) is 31.7 Å². The van der Waals surface area contributed by atoms with Crippen molar-refractivity contribution in [3.63, 3.8) is 0 Å². The van der Waals surface area contributed by atoms with Crippen LogP contribution in [0.3, 0.4) is 0 Å². The van der Waals surface area contributed by atoms with E-state index in [0.717, 1.165) is 62.6 Å². The summed E-state index contributed by atoms with van der Waals surface area (Å²) in [6, 6.07) is 8.73. The van der Waals surface area contributed by atoms with E-state index in [1.165, 1.54) is 12.1 Å². The molecule has 0 spiro atoms. The lowest BCUT2D eigenvalue weighted by atomic mass is 10.2. The van der Waals surface area contributed by atoms with Gasteiger partial charge in [0.2, 0.25) is 0 Å². The highest BCUT2D eigenvalue weighted by molar-refractivity contribution is 5.97. The molecule has 1 fully saturated rings. The second kappa shape index (κ2) is 8.19. The van der Waals surface area contributed by atoms with Gasteiger partial charge in [-0.3, -0.25) is 9.69 Å². The van der Waals surface area contributed by atoms with Crippen molar-refractivity contribution in [3.8, 4) is 0 Å². The summed E-state index contributed by atoms with van der Waals surface area (Å²) >= 11 is 0. The molecule has 0 radical (unpaired) electrons. The smallest absolute Gasteiger partial charge is 0.271 e. The van der Waals surface area contributed by atoms with E-state index in [0.29, 0.717) is 6.54 Å². The third kappa shape index (κ3) is 3.97. The number of nitrogens with zero attached hydrogens (tertiary/aromatic N) is 4. The monoisotopic (exact) mass is 382 g/mol. The predicted octanol–water partition coefficient (Wildman–Crippen LogP) is 2.85. The number of halogens is 1. The fourth-order valence-electron chi connectivity index (χ4n) is 4.06. The number of rotatable bonds is 5. The van der Waals surface area contributed by atoms with Crippen molar-refractivity contribution in [2.45, 2.75) is 6.42 Å². The highest BCUT2D eigenvalue weighted by atomic mass is 19.1. The molecule has 1 saturated heterocycles. The molecule has 0 bridgehead atoms. The Kier molecular flexibility index (Phi) is 5.48. The number of carbonyl (C=O) groups is 1. The van der Waals surface area contributed by atoms with Crippen LogP contribution in [0.2, 0.25) is 0 Å². The van der Waals surface area contributed by atoms with Crippen molar-refractivity contribution in [2.24, 2.45) is 7.05 Å². The molecule has 0 N–H and O–H groups in total. The Morgan fingerprint density at radius 2 is 1.75 bits per heavy atom. The van der Waals surface area contributed by atoms with Gasteiger partial charge in [0.15, 0.2) is 0 Å². The summed E-state index contributed by atoms with van der Waals surface area (Å²) in [5.74, 6) is -0.0728.